The normalized spacial score (nSPS) is 25.7. The summed E-state index contributed by atoms with van der Waals surface area (Å²) in [5.74, 6) is -0.217. The smallest absolute Gasteiger partial charge is 0.123 e. The van der Waals surface area contributed by atoms with E-state index in [1.807, 2.05) is 0 Å². The fraction of sp³-hybridized carbons (Fsp3) is 0.455. The number of rotatable bonds is 1. The SMILES string of the molecule is Cl.O[C@H]1CCN[C@@H](c2ccc(F)cc2)C1. The Labute approximate surface area is 94.9 Å². The van der Waals surface area contributed by atoms with E-state index in [1.165, 1.54) is 12.1 Å². The van der Waals surface area contributed by atoms with Crippen LogP contribution in [0, 0.1) is 5.82 Å². The van der Waals surface area contributed by atoms with Crippen LogP contribution in [0.2, 0.25) is 0 Å². The number of aliphatic hydroxyl groups excluding tert-OH is 1. The molecule has 2 N–H and O–H groups in total. The van der Waals surface area contributed by atoms with Crippen molar-refractivity contribution in [3.8, 4) is 0 Å². The number of aliphatic hydroxyl groups is 1. The van der Waals surface area contributed by atoms with Gasteiger partial charge >= 0.3 is 0 Å². The molecule has 0 radical (unpaired) electrons. The van der Waals surface area contributed by atoms with Crippen molar-refractivity contribution in [3.63, 3.8) is 0 Å². The fourth-order valence-electron chi connectivity index (χ4n) is 1.85. The topological polar surface area (TPSA) is 32.3 Å². The lowest BCUT2D eigenvalue weighted by molar-refractivity contribution is 0.116. The molecule has 1 aromatic rings. The summed E-state index contributed by atoms with van der Waals surface area (Å²) in [6, 6.07) is 6.62. The van der Waals surface area contributed by atoms with Crippen molar-refractivity contribution in [2.45, 2.75) is 25.0 Å². The molecule has 0 unspecified atom stereocenters. The minimum Gasteiger partial charge on any atom is -0.393 e. The third-order valence-corrected chi connectivity index (χ3v) is 2.65. The molecule has 0 bridgehead atoms. The van der Waals surface area contributed by atoms with Crippen LogP contribution in [-0.2, 0) is 0 Å². The van der Waals surface area contributed by atoms with Gasteiger partial charge in [0, 0.05) is 6.04 Å². The monoisotopic (exact) mass is 231 g/mol. The van der Waals surface area contributed by atoms with Gasteiger partial charge in [-0.05, 0) is 37.1 Å². The minimum absolute atomic E-state index is 0. The highest BCUT2D eigenvalue weighted by Gasteiger charge is 2.20. The van der Waals surface area contributed by atoms with E-state index in [4.69, 9.17) is 0 Å². The van der Waals surface area contributed by atoms with Crippen LogP contribution in [0.25, 0.3) is 0 Å². The second kappa shape index (κ2) is 5.45. The lowest BCUT2D eigenvalue weighted by Gasteiger charge is -2.27. The summed E-state index contributed by atoms with van der Waals surface area (Å²) in [7, 11) is 0. The first-order chi connectivity index (χ1) is 6.75. The van der Waals surface area contributed by atoms with E-state index in [-0.39, 0.29) is 30.4 Å². The van der Waals surface area contributed by atoms with Crippen molar-refractivity contribution in [1.29, 1.82) is 0 Å². The van der Waals surface area contributed by atoms with Crippen LogP contribution in [0.1, 0.15) is 24.4 Å². The fourth-order valence-corrected chi connectivity index (χ4v) is 1.85. The van der Waals surface area contributed by atoms with E-state index < -0.39 is 0 Å². The summed E-state index contributed by atoms with van der Waals surface area (Å²) in [4.78, 5) is 0. The molecule has 2 atom stereocenters. The molecule has 0 amide bonds. The number of halogens is 2. The maximum absolute atomic E-state index is 12.7. The van der Waals surface area contributed by atoms with Crippen LogP contribution in [-0.4, -0.2) is 17.8 Å². The Hall–Kier alpha value is -0.640. The first kappa shape index (κ1) is 12.4. The first-order valence-electron chi connectivity index (χ1n) is 4.92. The molecule has 84 valence electrons. The Morgan fingerprint density at radius 3 is 2.53 bits per heavy atom. The molecule has 1 aromatic carbocycles. The quantitative estimate of drug-likeness (QED) is 0.775. The summed E-state index contributed by atoms with van der Waals surface area (Å²) < 4.78 is 12.7. The maximum Gasteiger partial charge on any atom is 0.123 e. The predicted molar refractivity (Wildman–Crippen MR) is 59.6 cm³/mol. The van der Waals surface area contributed by atoms with Crippen LogP contribution in [0.4, 0.5) is 4.39 Å². The maximum atomic E-state index is 12.7. The van der Waals surface area contributed by atoms with Crippen molar-refractivity contribution in [2.24, 2.45) is 0 Å². The third-order valence-electron chi connectivity index (χ3n) is 2.65. The van der Waals surface area contributed by atoms with Gasteiger partial charge < -0.3 is 10.4 Å². The molecule has 0 spiro atoms. The van der Waals surface area contributed by atoms with E-state index in [9.17, 15) is 9.50 Å². The first-order valence-corrected chi connectivity index (χ1v) is 4.92. The molecular formula is C11H15ClFNO. The Morgan fingerprint density at radius 1 is 1.27 bits per heavy atom. The van der Waals surface area contributed by atoms with Crippen LogP contribution in [0.15, 0.2) is 24.3 Å². The lowest BCUT2D eigenvalue weighted by Crippen LogP contribution is -2.34. The molecule has 0 aliphatic carbocycles. The summed E-state index contributed by atoms with van der Waals surface area (Å²) >= 11 is 0. The van der Waals surface area contributed by atoms with E-state index in [0.29, 0.717) is 6.42 Å². The molecule has 1 aliphatic heterocycles. The average Bonchev–Trinajstić information content (AvgIpc) is 2.19. The highest BCUT2D eigenvalue weighted by molar-refractivity contribution is 5.85. The van der Waals surface area contributed by atoms with Crippen molar-refractivity contribution in [2.75, 3.05) is 6.54 Å². The molecule has 1 fully saturated rings. The van der Waals surface area contributed by atoms with Gasteiger partial charge in [0.15, 0.2) is 0 Å². The van der Waals surface area contributed by atoms with Gasteiger partial charge in [0.1, 0.15) is 5.82 Å². The van der Waals surface area contributed by atoms with Crippen LogP contribution >= 0.6 is 12.4 Å². The third kappa shape index (κ3) is 3.16. The van der Waals surface area contributed by atoms with Gasteiger partial charge in [-0.2, -0.15) is 0 Å². The lowest BCUT2D eigenvalue weighted by atomic mass is 9.96. The van der Waals surface area contributed by atoms with E-state index in [1.54, 1.807) is 12.1 Å². The Kier molecular flexibility index (Phi) is 4.51. The second-order valence-electron chi connectivity index (χ2n) is 3.74. The highest BCUT2D eigenvalue weighted by atomic mass is 35.5. The molecule has 0 saturated carbocycles. The van der Waals surface area contributed by atoms with Gasteiger partial charge in [0.2, 0.25) is 0 Å². The standard InChI is InChI=1S/C11H14FNO.ClH/c12-9-3-1-8(2-4-9)11-7-10(14)5-6-13-11;/h1-4,10-11,13-14H,5-7H2;1H/t10-,11+;/m0./s1. The molecule has 1 heterocycles. The zero-order chi connectivity index (χ0) is 9.97. The Morgan fingerprint density at radius 2 is 1.93 bits per heavy atom. The van der Waals surface area contributed by atoms with Crippen molar-refractivity contribution >= 4 is 12.4 Å². The van der Waals surface area contributed by atoms with Crippen molar-refractivity contribution in [3.05, 3.63) is 35.6 Å². The van der Waals surface area contributed by atoms with Gasteiger partial charge in [-0.1, -0.05) is 12.1 Å². The number of hydrogen-bond acceptors (Lipinski definition) is 2. The van der Waals surface area contributed by atoms with Gasteiger partial charge in [0.25, 0.3) is 0 Å². The van der Waals surface area contributed by atoms with Gasteiger partial charge in [0.05, 0.1) is 6.10 Å². The predicted octanol–water partition coefficient (Wildman–Crippen LogP) is 2.03. The van der Waals surface area contributed by atoms with E-state index in [0.717, 1.165) is 18.5 Å². The molecule has 15 heavy (non-hydrogen) atoms. The number of hydrogen-bond donors (Lipinski definition) is 2. The summed E-state index contributed by atoms with van der Waals surface area (Å²) in [5, 5.41) is 12.8. The summed E-state index contributed by atoms with van der Waals surface area (Å²) in [5.41, 5.74) is 1.05. The Bertz CT molecular complexity index is 304. The van der Waals surface area contributed by atoms with Gasteiger partial charge in [-0.15, -0.1) is 12.4 Å². The summed E-state index contributed by atoms with van der Waals surface area (Å²) in [6.45, 7) is 0.823. The van der Waals surface area contributed by atoms with Crippen LogP contribution < -0.4 is 5.32 Å². The van der Waals surface area contributed by atoms with Crippen molar-refractivity contribution in [1.82, 2.24) is 5.32 Å². The number of piperidine rings is 1. The Balaban J connectivity index is 0.00000112. The summed E-state index contributed by atoms with van der Waals surface area (Å²) in [6.07, 6.45) is 1.29. The molecule has 0 aromatic heterocycles. The number of benzene rings is 1. The molecule has 1 saturated heterocycles. The average molecular weight is 232 g/mol. The van der Waals surface area contributed by atoms with Crippen LogP contribution in [0.3, 0.4) is 0 Å². The largest absolute Gasteiger partial charge is 0.393 e. The highest BCUT2D eigenvalue weighted by Crippen LogP contribution is 2.23. The second-order valence-corrected chi connectivity index (χ2v) is 3.74. The zero-order valence-corrected chi connectivity index (χ0v) is 9.14. The molecule has 1 aliphatic rings. The zero-order valence-electron chi connectivity index (χ0n) is 8.32. The number of nitrogens with one attached hydrogen (secondary N) is 1. The van der Waals surface area contributed by atoms with Gasteiger partial charge in [-0.3, -0.25) is 0 Å². The molecule has 4 heteroatoms. The van der Waals surface area contributed by atoms with Crippen molar-refractivity contribution < 1.29 is 9.50 Å². The molecular weight excluding hydrogens is 217 g/mol. The molecule has 2 rings (SSSR count). The molecule has 2 nitrogen and oxygen atoms in total. The van der Waals surface area contributed by atoms with Crippen LogP contribution in [0.5, 0.6) is 0 Å². The van der Waals surface area contributed by atoms with Gasteiger partial charge in [-0.25, -0.2) is 4.39 Å². The van der Waals surface area contributed by atoms with E-state index >= 15 is 0 Å². The van der Waals surface area contributed by atoms with E-state index in [2.05, 4.69) is 5.32 Å². The minimum atomic E-state index is -0.230.